The van der Waals surface area contributed by atoms with Crippen LogP contribution in [-0.2, 0) is 11.3 Å². The predicted octanol–water partition coefficient (Wildman–Crippen LogP) is 3.15. The Bertz CT molecular complexity index is 1250. The molecule has 3 aromatic carbocycles. The summed E-state index contributed by atoms with van der Waals surface area (Å²) in [6.45, 7) is 2.66. The van der Waals surface area contributed by atoms with Gasteiger partial charge >= 0.3 is 5.97 Å². The predicted molar refractivity (Wildman–Crippen MR) is 127 cm³/mol. The number of benzene rings is 3. The highest BCUT2D eigenvalue weighted by molar-refractivity contribution is 6.36. The summed E-state index contributed by atoms with van der Waals surface area (Å²) in [4.78, 5) is 17.1. The van der Waals surface area contributed by atoms with Crippen LogP contribution in [0.3, 0.4) is 0 Å². The van der Waals surface area contributed by atoms with E-state index in [9.17, 15) is 4.79 Å². The first-order chi connectivity index (χ1) is 15.4. The summed E-state index contributed by atoms with van der Waals surface area (Å²) in [5.41, 5.74) is 7.53. The first-order valence-corrected chi connectivity index (χ1v) is 10.4. The van der Waals surface area contributed by atoms with Crippen molar-refractivity contribution in [3.63, 3.8) is 0 Å². The molecule has 0 atom stereocenters. The van der Waals surface area contributed by atoms with Crippen molar-refractivity contribution in [2.45, 2.75) is 13.5 Å². The van der Waals surface area contributed by atoms with E-state index in [1.165, 1.54) is 16.7 Å². The molecule has 1 N–H and O–H groups in total. The largest absolute Gasteiger partial charge is 0.480 e. The molecule has 0 saturated carbocycles. The normalized spacial score (nSPS) is 11.1. The lowest BCUT2D eigenvalue weighted by Gasteiger charge is -2.13. The minimum Gasteiger partial charge on any atom is -0.480 e. The maximum atomic E-state index is 10.8. The van der Waals surface area contributed by atoms with E-state index in [0.717, 1.165) is 22.2 Å². The van der Waals surface area contributed by atoms with Gasteiger partial charge in [0, 0.05) is 17.7 Å². The van der Waals surface area contributed by atoms with Crippen molar-refractivity contribution >= 4 is 19.3 Å². The van der Waals surface area contributed by atoms with Gasteiger partial charge in [-0.3, -0.25) is 9.69 Å². The SMILES string of the molecule is Bc1cc(-c2nc(-c3ccc(CN(C)CC(=O)O)cc3)no2)ccc1-c1ccccc1C. The summed E-state index contributed by atoms with van der Waals surface area (Å²) in [6, 6.07) is 22.3. The highest BCUT2D eigenvalue weighted by Crippen LogP contribution is 2.26. The molecular weight excluding hydrogens is 401 g/mol. The molecule has 0 aliphatic carbocycles. The summed E-state index contributed by atoms with van der Waals surface area (Å²) >= 11 is 0. The number of likely N-dealkylation sites (N-methyl/N-ethyl adjacent to an activating group) is 1. The van der Waals surface area contributed by atoms with Crippen molar-refractivity contribution in [2.24, 2.45) is 0 Å². The van der Waals surface area contributed by atoms with Gasteiger partial charge in [0.25, 0.3) is 5.89 Å². The van der Waals surface area contributed by atoms with Crippen LogP contribution in [0.4, 0.5) is 0 Å². The number of rotatable bonds is 7. The van der Waals surface area contributed by atoms with E-state index in [1.54, 1.807) is 11.9 Å². The highest BCUT2D eigenvalue weighted by Gasteiger charge is 2.13. The minimum absolute atomic E-state index is 0.00198. The maximum absolute atomic E-state index is 10.8. The molecule has 160 valence electrons. The Hall–Kier alpha value is -3.71. The fourth-order valence-electron chi connectivity index (χ4n) is 3.79. The Morgan fingerprint density at radius 3 is 2.44 bits per heavy atom. The molecule has 32 heavy (non-hydrogen) atoms. The van der Waals surface area contributed by atoms with Crippen LogP contribution < -0.4 is 5.46 Å². The molecule has 0 radical (unpaired) electrons. The maximum Gasteiger partial charge on any atom is 0.317 e. The quantitative estimate of drug-likeness (QED) is 0.459. The van der Waals surface area contributed by atoms with E-state index in [1.807, 2.05) is 36.4 Å². The first-order valence-electron chi connectivity index (χ1n) is 10.4. The third-order valence-electron chi connectivity index (χ3n) is 5.40. The van der Waals surface area contributed by atoms with Crippen LogP contribution in [0.2, 0.25) is 0 Å². The third-order valence-corrected chi connectivity index (χ3v) is 5.40. The second-order valence-corrected chi connectivity index (χ2v) is 8.03. The molecule has 0 aliphatic rings. The number of aromatic nitrogens is 2. The van der Waals surface area contributed by atoms with Crippen molar-refractivity contribution in [1.29, 1.82) is 0 Å². The van der Waals surface area contributed by atoms with Gasteiger partial charge in [0.15, 0.2) is 0 Å². The van der Waals surface area contributed by atoms with Crippen LogP contribution in [-0.4, -0.2) is 47.6 Å². The number of carboxylic acid groups (broad SMARTS) is 1. The van der Waals surface area contributed by atoms with Gasteiger partial charge in [-0.15, -0.1) is 0 Å². The van der Waals surface area contributed by atoms with E-state index in [-0.39, 0.29) is 6.54 Å². The number of hydrogen-bond acceptors (Lipinski definition) is 5. The molecule has 6 nitrogen and oxygen atoms in total. The number of carboxylic acids is 1. The molecule has 0 fully saturated rings. The lowest BCUT2D eigenvalue weighted by Crippen LogP contribution is -2.25. The molecule has 7 heteroatoms. The van der Waals surface area contributed by atoms with Crippen molar-refractivity contribution in [3.05, 3.63) is 77.9 Å². The minimum atomic E-state index is -0.842. The van der Waals surface area contributed by atoms with Gasteiger partial charge < -0.3 is 9.63 Å². The highest BCUT2D eigenvalue weighted by atomic mass is 16.5. The standard InChI is InChI=1S/C25H24BN3O3/c1-16-5-3-4-6-20(16)21-12-11-19(13-22(21)26)25-27-24(28-32-25)18-9-7-17(8-10-18)14-29(2)15-23(30)31/h3-13H,14-15,26H2,1-2H3,(H,30,31). The lowest BCUT2D eigenvalue weighted by atomic mass is 9.84. The van der Waals surface area contributed by atoms with Crippen LogP contribution in [0.1, 0.15) is 11.1 Å². The number of hydrogen-bond donors (Lipinski definition) is 1. The van der Waals surface area contributed by atoms with Gasteiger partial charge in [-0.05, 0) is 42.3 Å². The Balaban J connectivity index is 1.52. The summed E-state index contributed by atoms with van der Waals surface area (Å²) < 4.78 is 5.53. The average Bonchev–Trinajstić information content (AvgIpc) is 3.24. The van der Waals surface area contributed by atoms with Gasteiger partial charge in [-0.2, -0.15) is 4.98 Å². The monoisotopic (exact) mass is 425 g/mol. The van der Waals surface area contributed by atoms with Crippen molar-refractivity contribution in [3.8, 4) is 34.0 Å². The molecule has 0 saturated heterocycles. The Morgan fingerprint density at radius 2 is 1.75 bits per heavy atom. The zero-order chi connectivity index (χ0) is 22.7. The smallest absolute Gasteiger partial charge is 0.317 e. The van der Waals surface area contributed by atoms with Gasteiger partial charge in [0.05, 0.1) is 6.54 Å². The molecule has 4 rings (SSSR count). The summed E-state index contributed by atoms with van der Waals surface area (Å²) in [7, 11) is 3.86. The Kier molecular flexibility index (Phi) is 6.19. The summed E-state index contributed by atoms with van der Waals surface area (Å²) in [5, 5.41) is 13.0. The molecule has 0 amide bonds. The van der Waals surface area contributed by atoms with Crippen LogP contribution in [0.25, 0.3) is 34.0 Å². The van der Waals surface area contributed by atoms with Gasteiger partial charge in [0.2, 0.25) is 5.82 Å². The lowest BCUT2D eigenvalue weighted by molar-refractivity contribution is -0.138. The molecule has 0 spiro atoms. The number of aryl methyl sites for hydroxylation is 1. The van der Waals surface area contributed by atoms with Crippen molar-refractivity contribution in [1.82, 2.24) is 15.0 Å². The van der Waals surface area contributed by atoms with E-state index in [2.05, 4.69) is 55.2 Å². The molecule has 0 unspecified atom stereocenters. The number of nitrogens with zero attached hydrogens (tertiary/aromatic N) is 3. The van der Waals surface area contributed by atoms with Gasteiger partial charge in [-0.25, -0.2) is 0 Å². The average molecular weight is 425 g/mol. The molecule has 0 bridgehead atoms. The fourth-order valence-corrected chi connectivity index (χ4v) is 3.79. The molecule has 1 heterocycles. The Morgan fingerprint density at radius 1 is 1.03 bits per heavy atom. The van der Waals surface area contributed by atoms with E-state index >= 15 is 0 Å². The van der Waals surface area contributed by atoms with E-state index in [4.69, 9.17) is 9.63 Å². The first kappa shape index (κ1) is 21.5. The van der Waals surface area contributed by atoms with Crippen LogP contribution in [0, 0.1) is 6.92 Å². The Labute approximate surface area is 187 Å². The molecule has 4 aromatic rings. The van der Waals surface area contributed by atoms with Gasteiger partial charge in [0.1, 0.15) is 7.85 Å². The fraction of sp³-hybridized carbons (Fsp3) is 0.160. The number of carbonyl (C=O) groups is 1. The van der Waals surface area contributed by atoms with Crippen LogP contribution in [0.5, 0.6) is 0 Å². The van der Waals surface area contributed by atoms with E-state index < -0.39 is 5.97 Å². The second-order valence-electron chi connectivity index (χ2n) is 8.03. The molecule has 1 aromatic heterocycles. The van der Waals surface area contributed by atoms with Crippen LogP contribution in [0.15, 0.2) is 71.3 Å². The topological polar surface area (TPSA) is 79.5 Å². The molecule has 0 aliphatic heterocycles. The summed E-state index contributed by atoms with van der Waals surface area (Å²) in [5.74, 6) is 0.154. The third kappa shape index (κ3) is 4.79. The number of aliphatic carboxylic acids is 1. The van der Waals surface area contributed by atoms with Crippen molar-refractivity contribution in [2.75, 3.05) is 13.6 Å². The zero-order valence-corrected chi connectivity index (χ0v) is 18.4. The summed E-state index contributed by atoms with van der Waals surface area (Å²) in [6.07, 6.45) is 0. The second kappa shape index (κ2) is 9.20. The zero-order valence-electron chi connectivity index (χ0n) is 18.4. The van der Waals surface area contributed by atoms with Crippen molar-refractivity contribution < 1.29 is 14.4 Å². The molecular formula is C25H24BN3O3. The van der Waals surface area contributed by atoms with E-state index in [0.29, 0.717) is 18.3 Å². The van der Waals surface area contributed by atoms with Crippen LogP contribution >= 0.6 is 0 Å². The van der Waals surface area contributed by atoms with Gasteiger partial charge in [-0.1, -0.05) is 71.3 Å².